The highest BCUT2D eigenvalue weighted by molar-refractivity contribution is 7.22. The first-order chi connectivity index (χ1) is 17.3. The number of anilines is 2. The minimum Gasteiger partial charge on any atom is -0.437 e. The Balaban J connectivity index is 1.50. The van der Waals surface area contributed by atoms with Gasteiger partial charge in [-0.2, -0.15) is 18.2 Å². The summed E-state index contributed by atoms with van der Waals surface area (Å²) in [6, 6.07) is 12.2. The van der Waals surface area contributed by atoms with Gasteiger partial charge < -0.3 is 15.8 Å². The van der Waals surface area contributed by atoms with E-state index in [0.717, 1.165) is 29.7 Å². The highest BCUT2D eigenvalue weighted by Crippen LogP contribution is 2.36. The Labute approximate surface area is 210 Å². The fraction of sp³-hybridized carbons (Fsp3) is 0.346. The summed E-state index contributed by atoms with van der Waals surface area (Å²) in [5, 5.41) is 3.84. The van der Waals surface area contributed by atoms with E-state index in [1.165, 1.54) is 42.7 Å². The normalized spacial score (nSPS) is 15.7. The molecule has 4 aromatic rings. The second kappa shape index (κ2) is 9.93. The summed E-state index contributed by atoms with van der Waals surface area (Å²) >= 11 is 1.36. The average molecular weight is 514 g/mol. The van der Waals surface area contributed by atoms with Gasteiger partial charge in [0.2, 0.25) is 11.8 Å². The van der Waals surface area contributed by atoms with E-state index in [0.29, 0.717) is 39.5 Å². The minimum absolute atomic E-state index is 0.141. The highest BCUT2D eigenvalue weighted by Gasteiger charge is 2.30. The van der Waals surface area contributed by atoms with Gasteiger partial charge in [-0.25, -0.2) is 9.97 Å². The molecule has 1 fully saturated rings. The van der Waals surface area contributed by atoms with Crippen molar-refractivity contribution in [2.45, 2.75) is 51.2 Å². The molecule has 1 aliphatic rings. The summed E-state index contributed by atoms with van der Waals surface area (Å²) in [5.41, 5.74) is 6.78. The number of nitrogens with one attached hydrogen (secondary N) is 1. The van der Waals surface area contributed by atoms with Crippen molar-refractivity contribution in [3.8, 4) is 22.9 Å². The van der Waals surface area contributed by atoms with E-state index in [1.807, 2.05) is 12.1 Å². The first-order valence-electron chi connectivity index (χ1n) is 11.9. The summed E-state index contributed by atoms with van der Waals surface area (Å²) < 4.78 is 46.2. The molecule has 1 atom stereocenters. The van der Waals surface area contributed by atoms with E-state index in [-0.39, 0.29) is 11.9 Å². The zero-order valence-corrected chi connectivity index (χ0v) is 20.5. The number of halogens is 3. The van der Waals surface area contributed by atoms with Crippen LogP contribution >= 0.6 is 11.3 Å². The molecule has 0 radical (unpaired) electrons. The Kier molecular flexibility index (Phi) is 6.70. The van der Waals surface area contributed by atoms with Gasteiger partial charge in [0.15, 0.2) is 10.9 Å². The quantitative estimate of drug-likeness (QED) is 0.277. The smallest absolute Gasteiger partial charge is 0.416 e. The van der Waals surface area contributed by atoms with Gasteiger partial charge in [-0.1, -0.05) is 48.8 Å². The molecule has 0 amide bonds. The van der Waals surface area contributed by atoms with Crippen LogP contribution in [0.3, 0.4) is 0 Å². The molecule has 2 heterocycles. The van der Waals surface area contributed by atoms with E-state index in [9.17, 15) is 13.2 Å². The van der Waals surface area contributed by atoms with Crippen molar-refractivity contribution in [3.63, 3.8) is 0 Å². The molecule has 0 spiro atoms. The van der Waals surface area contributed by atoms with Crippen LogP contribution in [0.1, 0.15) is 44.6 Å². The third-order valence-electron chi connectivity index (χ3n) is 6.54. The number of alkyl halides is 3. The van der Waals surface area contributed by atoms with Gasteiger partial charge in [0.1, 0.15) is 5.52 Å². The molecule has 36 heavy (non-hydrogen) atoms. The highest BCUT2D eigenvalue weighted by atomic mass is 32.1. The summed E-state index contributed by atoms with van der Waals surface area (Å²) in [6.45, 7) is 2.11. The van der Waals surface area contributed by atoms with Gasteiger partial charge in [-0.05, 0) is 49.9 Å². The van der Waals surface area contributed by atoms with Crippen LogP contribution in [0.4, 0.5) is 24.3 Å². The number of hydrogen-bond donors (Lipinski definition) is 2. The van der Waals surface area contributed by atoms with Gasteiger partial charge in [0, 0.05) is 17.7 Å². The van der Waals surface area contributed by atoms with Crippen molar-refractivity contribution in [2.24, 2.45) is 5.92 Å². The van der Waals surface area contributed by atoms with Crippen LogP contribution in [-0.4, -0.2) is 21.0 Å². The maximum absolute atomic E-state index is 13.1. The van der Waals surface area contributed by atoms with Crippen molar-refractivity contribution in [1.29, 1.82) is 0 Å². The summed E-state index contributed by atoms with van der Waals surface area (Å²) in [6.07, 6.45) is 1.55. The minimum atomic E-state index is -4.41. The molecule has 1 saturated carbocycles. The van der Waals surface area contributed by atoms with E-state index in [1.54, 1.807) is 12.1 Å². The standard InChI is InChI=1S/C26H26F3N5OS/c1-15(16-6-3-2-4-7-16)31-25-32-19(17-10-12-18(13-11-17)26(27,28)29)14-22(33-25)35-20-8-5-9-21-23(20)34-24(30)36-21/h5,8-16H,2-4,6-7H2,1H3,(H2,30,34)(H,31,32,33). The van der Waals surface area contributed by atoms with Crippen molar-refractivity contribution in [3.05, 3.63) is 54.1 Å². The second-order valence-electron chi connectivity index (χ2n) is 9.08. The fourth-order valence-electron chi connectivity index (χ4n) is 4.61. The summed E-state index contributed by atoms with van der Waals surface area (Å²) in [4.78, 5) is 13.6. The summed E-state index contributed by atoms with van der Waals surface area (Å²) in [7, 11) is 0. The van der Waals surface area contributed by atoms with Crippen molar-refractivity contribution in [2.75, 3.05) is 11.1 Å². The molecular weight excluding hydrogens is 487 g/mol. The largest absolute Gasteiger partial charge is 0.437 e. The zero-order chi connectivity index (χ0) is 25.3. The van der Waals surface area contributed by atoms with Crippen LogP contribution < -0.4 is 15.8 Å². The monoisotopic (exact) mass is 513 g/mol. The number of hydrogen-bond acceptors (Lipinski definition) is 7. The predicted octanol–water partition coefficient (Wildman–Crippen LogP) is 7.53. The van der Waals surface area contributed by atoms with Crippen LogP contribution in [0.2, 0.25) is 0 Å². The Morgan fingerprint density at radius 3 is 2.50 bits per heavy atom. The molecule has 3 N–H and O–H groups in total. The number of rotatable bonds is 6. The Morgan fingerprint density at radius 2 is 1.78 bits per heavy atom. The zero-order valence-electron chi connectivity index (χ0n) is 19.7. The van der Waals surface area contributed by atoms with Crippen LogP contribution in [0.25, 0.3) is 21.5 Å². The van der Waals surface area contributed by atoms with E-state index in [2.05, 4.69) is 27.2 Å². The summed E-state index contributed by atoms with van der Waals surface area (Å²) in [5.74, 6) is 1.62. The number of ether oxygens (including phenoxy) is 1. The molecular formula is C26H26F3N5OS. The van der Waals surface area contributed by atoms with Gasteiger partial charge >= 0.3 is 6.18 Å². The Morgan fingerprint density at radius 1 is 1.03 bits per heavy atom. The van der Waals surface area contributed by atoms with E-state index >= 15 is 0 Å². The van der Waals surface area contributed by atoms with Crippen LogP contribution in [0, 0.1) is 5.92 Å². The predicted molar refractivity (Wildman–Crippen MR) is 136 cm³/mol. The molecule has 188 valence electrons. The fourth-order valence-corrected chi connectivity index (χ4v) is 5.36. The molecule has 1 aliphatic carbocycles. The first-order valence-corrected chi connectivity index (χ1v) is 12.7. The van der Waals surface area contributed by atoms with Crippen molar-refractivity contribution in [1.82, 2.24) is 15.0 Å². The third kappa shape index (κ3) is 5.38. The second-order valence-corrected chi connectivity index (χ2v) is 10.1. The van der Waals surface area contributed by atoms with Crippen LogP contribution in [0.5, 0.6) is 11.6 Å². The number of fused-ring (bicyclic) bond motifs is 1. The molecule has 6 nitrogen and oxygen atoms in total. The lowest BCUT2D eigenvalue weighted by Gasteiger charge is -2.28. The van der Waals surface area contributed by atoms with Crippen LogP contribution in [-0.2, 0) is 6.18 Å². The number of nitrogens with two attached hydrogens (primary N) is 1. The van der Waals surface area contributed by atoms with Crippen LogP contribution in [0.15, 0.2) is 48.5 Å². The number of nitrogens with zero attached hydrogens (tertiary/aromatic N) is 3. The number of benzene rings is 2. The van der Waals surface area contributed by atoms with Crippen molar-refractivity contribution >= 4 is 32.6 Å². The van der Waals surface area contributed by atoms with E-state index < -0.39 is 11.7 Å². The molecule has 10 heteroatoms. The molecule has 0 bridgehead atoms. The molecule has 0 aliphatic heterocycles. The topological polar surface area (TPSA) is 86.0 Å². The number of para-hydroxylation sites is 1. The van der Waals surface area contributed by atoms with E-state index in [4.69, 9.17) is 10.5 Å². The number of thiazole rings is 1. The molecule has 5 rings (SSSR count). The SMILES string of the molecule is CC(Nc1nc(Oc2cccc3sc(N)nc23)cc(-c2ccc(C(F)(F)F)cc2)n1)C1CCCCC1. The Hall–Kier alpha value is -3.40. The average Bonchev–Trinajstić information content (AvgIpc) is 3.25. The van der Waals surface area contributed by atoms with Gasteiger partial charge in [-0.15, -0.1) is 0 Å². The maximum atomic E-state index is 13.1. The lowest BCUT2D eigenvalue weighted by atomic mass is 9.85. The molecule has 2 aromatic carbocycles. The lowest BCUT2D eigenvalue weighted by Crippen LogP contribution is -2.28. The first kappa shape index (κ1) is 24.3. The van der Waals surface area contributed by atoms with Gasteiger partial charge in [-0.3, -0.25) is 0 Å². The Bertz CT molecular complexity index is 1350. The molecule has 0 saturated heterocycles. The van der Waals surface area contributed by atoms with Crippen molar-refractivity contribution < 1.29 is 17.9 Å². The van der Waals surface area contributed by atoms with Gasteiger partial charge in [0.05, 0.1) is 16.0 Å². The third-order valence-corrected chi connectivity index (χ3v) is 7.39. The number of nitrogen functional groups attached to an aromatic ring is 1. The maximum Gasteiger partial charge on any atom is 0.416 e. The lowest BCUT2D eigenvalue weighted by molar-refractivity contribution is -0.137. The van der Waals surface area contributed by atoms with Gasteiger partial charge in [0.25, 0.3) is 0 Å². The molecule has 2 aromatic heterocycles. The molecule has 1 unspecified atom stereocenters. The number of aromatic nitrogens is 3.